The second-order valence-corrected chi connectivity index (χ2v) is 4.33. The van der Waals surface area contributed by atoms with Gasteiger partial charge in [0, 0.05) is 14.1 Å². The summed E-state index contributed by atoms with van der Waals surface area (Å²) in [6.45, 7) is 2.08. The molecule has 0 aromatic carbocycles. The second-order valence-electron chi connectivity index (χ2n) is 3.14. The largest absolute Gasteiger partial charge is 0.303 e. The van der Waals surface area contributed by atoms with Crippen LogP contribution in [0, 0.1) is 0 Å². The Morgan fingerprint density at radius 3 is 2.85 bits per heavy atom. The summed E-state index contributed by atoms with van der Waals surface area (Å²) in [6.07, 6.45) is 1.95. The Balaban J connectivity index is 2.54. The number of thioether (sulfide) groups is 1. The molecule has 1 aliphatic heterocycles. The first kappa shape index (κ1) is 10.4. The first-order valence-corrected chi connectivity index (χ1v) is 5.25. The Hall–Kier alpha value is -0.710. The third kappa shape index (κ3) is 2.91. The second kappa shape index (κ2) is 4.50. The van der Waals surface area contributed by atoms with E-state index in [2.05, 4.69) is 17.3 Å². The Bertz CT molecular complexity index is 227. The molecule has 1 aliphatic rings. The maximum atomic E-state index is 11.3. The fourth-order valence-corrected chi connectivity index (χ4v) is 2.25. The van der Waals surface area contributed by atoms with Crippen LogP contribution in [0.3, 0.4) is 0 Å². The lowest BCUT2D eigenvalue weighted by Gasteiger charge is -2.04. The summed E-state index contributed by atoms with van der Waals surface area (Å²) in [5, 5.41) is 9.36. The number of hydrazone groups is 1. The first-order chi connectivity index (χ1) is 6.13. The van der Waals surface area contributed by atoms with Gasteiger partial charge in [-0.3, -0.25) is 4.79 Å². The molecule has 1 rings (SSSR count). The predicted molar refractivity (Wildman–Crippen MR) is 55.6 cm³/mol. The van der Waals surface area contributed by atoms with Crippen molar-refractivity contribution >= 4 is 22.8 Å². The molecule has 0 spiro atoms. The minimum absolute atomic E-state index is 0.0590. The molecule has 1 unspecified atom stereocenters. The van der Waals surface area contributed by atoms with Gasteiger partial charge in [-0.2, -0.15) is 5.10 Å². The van der Waals surface area contributed by atoms with Gasteiger partial charge < -0.3 is 10.3 Å². The Labute approximate surface area is 82.7 Å². The van der Waals surface area contributed by atoms with Crippen molar-refractivity contribution in [3.05, 3.63) is 0 Å². The molecule has 13 heavy (non-hydrogen) atoms. The summed E-state index contributed by atoms with van der Waals surface area (Å²) < 4.78 is 0. The van der Waals surface area contributed by atoms with Gasteiger partial charge in [0.1, 0.15) is 0 Å². The number of nitrogens with one attached hydrogen (secondary N) is 1. The number of rotatable bonds is 3. The van der Waals surface area contributed by atoms with Crippen molar-refractivity contribution in [2.75, 3.05) is 14.1 Å². The van der Waals surface area contributed by atoms with Crippen LogP contribution in [0.1, 0.15) is 19.8 Å². The van der Waals surface area contributed by atoms with E-state index in [0.717, 1.165) is 12.8 Å². The monoisotopic (exact) mass is 201 g/mol. The van der Waals surface area contributed by atoms with Gasteiger partial charge in [0.25, 0.3) is 0 Å². The molecule has 1 heterocycles. The molecule has 0 saturated carbocycles. The molecule has 74 valence electrons. The fourth-order valence-electron chi connectivity index (χ4n) is 1.09. The zero-order valence-electron chi connectivity index (χ0n) is 8.20. The fraction of sp³-hybridized carbons (Fsp3) is 0.750. The minimum atomic E-state index is 0.0590. The number of nitrogens with zero attached hydrogens (tertiary/aromatic N) is 2. The molecule has 1 N–H and O–H groups in total. The average molecular weight is 201 g/mol. The van der Waals surface area contributed by atoms with Gasteiger partial charge in [0.2, 0.25) is 5.91 Å². The van der Waals surface area contributed by atoms with Crippen LogP contribution in [0.15, 0.2) is 5.10 Å². The average Bonchev–Trinajstić information content (AvgIpc) is 2.31. The van der Waals surface area contributed by atoms with E-state index in [4.69, 9.17) is 0 Å². The molecule has 1 saturated heterocycles. The normalized spacial score (nSPS) is 25.0. The van der Waals surface area contributed by atoms with E-state index in [1.165, 1.54) is 11.8 Å². The van der Waals surface area contributed by atoms with Crippen LogP contribution in [0.5, 0.6) is 0 Å². The van der Waals surface area contributed by atoms with Crippen molar-refractivity contribution < 1.29 is 4.79 Å². The van der Waals surface area contributed by atoms with Gasteiger partial charge in [0.15, 0.2) is 5.17 Å². The van der Waals surface area contributed by atoms with E-state index in [0.29, 0.717) is 5.17 Å². The van der Waals surface area contributed by atoms with E-state index in [9.17, 15) is 4.79 Å². The van der Waals surface area contributed by atoms with Crippen molar-refractivity contribution in [1.82, 2.24) is 10.3 Å². The van der Waals surface area contributed by atoms with Gasteiger partial charge >= 0.3 is 0 Å². The molecule has 0 aromatic heterocycles. The van der Waals surface area contributed by atoms with Crippen LogP contribution < -0.4 is 5.32 Å². The first-order valence-electron chi connectivity index (χ1n) is 4.37. The number of carbonyl (C=O) groups is 1. The third-order valence-electron chi connectivity index (χ3n) is 1.62. The zero-order chi connectivity index (χ0) is 9.84. The number of hydrogen-bond acceptors (Lipinski definition) is 4. The van der Waals surface area contributed by atoms with Crippen LogP contribution in [0.4, 0.5) is 0 Å². The molecule has 0 aromatic rings. The van der Waals surface area contributed by atoms with Crippen molar-refractivity contribution in [2.45, 2.75) is 25.0 Å². The highest BCUT2D eigenvalue weighted by molar-refractivity contribution is 8.15. The van der Waals surface area contributed by atoms with Crippen molar-refractivity contribution in [2.24, 2.45) is 5.10 Å². The highest BCUT2D eigenvalue weighted by Gasteiger charge is 2.29. The number of carbonyl (C=O) groups excluding carboxylic acids is 1. The molecule has 0 bridgehead atoms. The topological polar surface area (TPSA) is 44.7 Å². The lowest BCUT2D eigenvalue weighted by atomic mass is 10.2. The van der Waals surface area contributed by atoms with Gasteiger partial charge in [-0.05, 0) is 6.42 Å². The Morgan fingerprint density at radius 1 is 1.62 bits per heavy atom. The van der Waals surface area contributed by atoms with Gasteiger partial charge in [-0.25, -0.2) is 0 Å². The molecular formula is C8H15N3OS. The van der Waals surface area contributed by atoms with Crippen molar-refractivity contribution in [3.63, 3.8) is 0 Å². The molecule has 0 radical (unpaired) electrons. The maximum Gasteiger partial charge on any atom is 0.239 e. The molecule has 1 amide bonds. The van der Waals surface area contributed by atoms with Crippen LogP contribution in [-0.2, 0) is 4.79 Å². The Morgan fingerprint density at radius 2 is 2.31 bits per heavy atom. The van der Waals surface area contributed by atoms with Crippen LogP contribution >= 0.6 is 11.8 Å². The quantitative estimate of drug-likeness (QED) is 0.688. The number of amides is 1. The van der Waals surface area contributed by atoms with E-state index in [-0.39, 0.29) is 11.2 Å². The smallest absolute Gasteiger partial charge is 0.239 e. The standard InChI is InChI=1S/C8H15N3OS/c1-4-5-6-7(12)9-8(13-6)10-11(2)3/h6H,4-5H2,1-3H3,(H,9,10,12). The van der Waals surface area contributed by atoms with Gasteiger partial charge in [0.05, 0.1) is 5.25 Å². The summed E-state index contributed by atoms with van der Waals surface area (Å²) in [5.74, 6) is 0.0902. The Kier molecular flexibility index (Phi) is 3.59. The van der Waals surface area contributed by atoms with Crippen LogP contribution in [0.25, 0.3) is 0 Å². The lowest BCUT2D eigenvalue weighted by Crippen LogP contribution is -2.25. The van der Waals surface area contributed by atoms with E-state index >= 15 is 0 Å². The lowest BCUT2D eigenvalue weighted by molar-refractivity contribution is -0.118. The number of amidine groups is 1. The summed E-state index contributed by atoms with van der Waals surface area (Å²) in [5.41, 5.74) is 0. The summed E-state index contributed by atoms with van der Waals surface area (Å²) in [4.78, 5) is 11.3. The molecule has 1 atom stereocenters. The van der Waals surface area contributed by atoms with Crippen molar-refractivity contribution in [1.29, 1.82) is 0 Å². The summed E-state index contributed by atoms with van der Waals surface area (Å²) >= 11 is 1.52. The highest BCUT2D eigenvalue weighted by atomic mass is 32.2. The molecule has 5 heteroatoms. The predicted octanol–water partition coefficient (Wildman–Crippen LogP) is 0.851. The van der Waals surface area contributed by atoms with Crippen molar-refractivity contribution in [3.8, 4) is 0 Å². The minimum Gasteiger partial charge on any atom is -0.303 e. The summed E-state index contributed by atoms with van der Waals surface area (Å²) in [7, 11) is 3.68. The number of hydrogen-bond donors (Lipinski definition) is 1. The van der Waals surface area contributed by atoms with Gasteiger partial charge in [-0.15, -0.1) is 0 Å². The third-order valence-corrected chi connectivity index (χ3v) is 2.76. The molecule has 1 fully saturated rings. The zero-order valence-corrected chi connectivity index (χ0v) is 9.02. The molecular weight excluding hydrogens is 186 g/mol. The van der Waals surface area contributed by atoms with E-state index in [1.807, 2.05) is 14.1 Å². The molecule has 4 nitrogen and oxygen atoms in total. The van der Waals surface area contributed by atoms with Crippen LogP contribution in [-0.4, -0.2) is 35.4 Å². The highest BCUT2D eigenvalue weighted by Crippen LogP contribution is 2.23. The molecule has 0 aliphatic carbocycles. The van der Waals surface area contributed by atoms with Crippen LogP contribution in [0.2, 0.25) is 0 Å². The maximum absolute atomic E-state index is 11.3. The van der Waals surface area contributed by atoms with E-state index < -0.39 is 0 Å². The van der Waals surface area contributed by atoms with Gasteiger partial charge in [-0.1, -0.05) is 25.1 Å². The summed E-state index contributed by atoms with van der Waals surface area (Å²) in [6, 6.07) is 0. The van der Waals surface area contributed by atoms with E-state index in [1.54, 1.807) is 5.01 Å². The SMILES string of the molecule is CCCC1S/C(=N\N(C)C)NC1=O.